The van der Waals surface area contributed by atoms with Crippen molar-refractivity contribution < 1.29 is 0 Å². The molecular weight excluding hydrogens is 322 g/mol. The van der Waals surface area contributed by atoms with E-state index < -0.39 is 0 Å². The van der Waals surface area contributed by atoms with Crippen molar-refractivity contribution >= 4 is 18.2 Å². The number of thiol groups is 1. The van der Waals surface area contributed by atoms with Crippen LogP contribution >= 0.6 is 12.6 Å². The van der Waals surface area contributed by atoms with Gasteiger partial charge in [0, 0.05) is 5.75 Å². The van der Waals surface area contributed by atoms with Gasteiger partial charge in [-0.25, -0.2) is 0 Å². The predicted molar refractivity (Wildman–Crippen MR) is 114 cm³/mol. The minimum atomic E-state index is 0.577. The summed E-state index contributed by atoms with van der Waals surface area (Å²) in [6.07, 6.45) is 20.4. The molecule has 25 heavy (non-hydrogen) atoms. The molecule has 0 bridgehead atoms. The monoisotopic (exact) mass is 351 g/mol. The van der Waals surface area contributed by atoms with Crippen LogP contribution in [0.4, 0.5) is 0 Å². The fourth-order valence-corrected chi connectivity index (χ4v) is 3.39. The van der Waals surface area contributed by atoms with E-state index >= 15 is 0 Å². The van der Waals surface area contributed by atoms with Gasteiger partial charge in [-0.05, 0) is 54.5 Å². The molecule has 0 saturated heterocycles. The predicted octanol–water partition coefficient (Wildman–Crippen LogP) is 5.95. The Bertz CT molecular complexity index is 665. The highest BCUT2D eigenvalue weighted by atomic mass is 32.1. The molecule has 0 unspecified atom stereocenters. The van der Waals surface area contributed by atoms with Crippen molar-refractivity contribution in [3.63, 3.8) is 0 Å². The first kappa shape index (κ1) is 19.4. The Morgan fingerprint density at radius 1 is 1.32 bits per heavy atom. The number of nitrogens with two attached hydrogens (primary N) is 1. The summed E-state index contributed by atoms with van der Waals surface area (Å²) in [5.74, 6) is 2.00. The molecule has 2 rings (SSSR count). The maximum Gasteiger partial charge on any atom is 0.00826 e. The van der Waals surface area contributed by atoms with Crippen LogP contribution in [0.5, 0.6) is 0 Å². The van der Waals surface area contributed by atoms with Gasteiger partial charge in [0.2, 0.25) is 0 Å². The zero-order chi connectivity index (χ0) is 17.9. The van der Waals surface area contributed by atoms with E-state index in [0.717, 1.165) is 18.6 Å². The fraction of sp³-hybridized carbons (Fsp3) is 0.304. The molecule has 1 nitrogen and oxygen atoms in total. The molecule has 1 aliphatic carbocycles. The van der Waals surface area contributed by atoms with E-state index in [4.69, 9.17) is 5.73 Å². The highest BCUT2D eigenvalue weighted by molar-refractivity contribution is 7.80. The zero-order valence-corrected chi connectivity index (χ0v) is 15.9. The third kappa shape index (κ3) is 6.47. The molecule has 0 saturated carbocycles. The molecule has 0 aliphatic heterocycles. The van der Waals surface area contributed by atoms with E-state index in [0.29, 0.717) is 11.8 Å². The van der Waals surface area contributed by atoms with Crippen molar-refractivity contribution in [2.45, 2.75) is 26.2 Å². The van der Waals surface area contributed by atoms with Gasteiger partial charge in [0.15, 0.2) is 0 Å². The minimum Gasteiger partial charge on any atom is -0.405 e. The molecule has 1 aromatic rings. The number of hydrogen-bond acceptors (Lipinski definition) is 2. The van der Waals surface area contributed by atoms with Gasteiger partial charge < -0.3 is 5.73 Å². The Kier molecular flexibility index (Phi) is 8.41. The van der Waals surface area contributed by atoms with Crippen molar-refractivity contribution in [1.82, 2.24) is 0 Å². The van der Waals surface area contributed by atoms with Crippen LogP contribution in [0.25, 0.3) is 5.57 Å². The van der Waals surface area contributed by atoms with Gasteiger partial charge in [0.05, 0.1) is 0 Å². The zero-order valence-electron chi connectivity index (χ0n) is 15.0. The van der Waals surface area contributed by atoms with E-state index in [9.17, 15) is 0 Å². The van der Waals surface area contributed by atoms with Gasteiger partial charge in [0.1, 0.15) is 0 Å². The molecule has 0 spiro atoms. The van der Waals surface area contributed by atoms with Crippen LogP contribution in [-0.4, -0.2) is 5.75 Å². The van der Waals surface area contributed by atoms with Gasteiger partial charge in [-0.2, -0.15) is 12.6 Å². The van der Waals surface area contributed by atoms with Gasteiger partial charge in [-0.3, -0.25) is 0 Å². The van der Waals surface area contributed by atoms with Crippen LogP contribution in [0.3, 0.4) is 0 Å². The molecule has 0 amide bonds. The Hall–Kier alpha value is -1.93. The fourth-order valence-electron chi connectivity index (χ4n) is 3.27. The van der Waals surface area contributed by atoms with E-state index in [1.54, 1.807) is 6.20 Å². The maximum atomic E-state index is 5.65. The van der Waals surface area contributed by atoms with Crippen LogP contribution in [0.1, 0.15) is 31.7 Å². The summed E-state index contributed by atoms with van der Waals surface area (Å²) < 4.78 is 0. The van der Waals surface area contributed by atoms with Gasteiger partial charge in [-0.1, -0.05) is 79.3 Å². The smallest absolute Gasteiger partial charge is 0.00826 e. The molecular formula is C23H29NS. The van der Waals surface area contributed by atoms with E-state index in [1.807, 2.05) is 12.1 Å². The van der Waals surface area contributed by atoms with Crippen LogP contribution in [0.2, 0.25) is 0 Å². The maximum absolute atomic E-state index is 5.65. The lowest BCUT2D eigenvalue weighted by Crippen LogP contribution is -2.09. The van der Waals surface area contributed by atoms with Gasteiger partial charge in [0.25, 0.3) is 0 Å². The van der Waals surface area contributed by atoms with E-state index in [-0.39, 0.29) is 0 Å². The summed E-state index contributed by atoms with van der Waals surface area (Å²) in [7, 11) is 0. The number of hydrogen-bond donors (Lipinski definition) is 2. The van der Waals surface area contributed by atoms with E-state index in [1.165, 1.54) is 23.1 Å². The molecule has 0 heterocycles. The molecule has 0 aromatic heterocycles. The van der Waals surface area contributed by atoms with Crippen molar-refractivity contribution in [3.05, 3.63) is 90.2 Å². The quantitative estimate of drug-likeness (QED) is 0.338. The highest BCUT2D eigenvalue weighted by Gasteiger charge is 2.16. The normalized spacial score (nSPS) is 19.5. The number of allylic oxidation sites excluding steroid dienone is 8. The lowest BCUT2D eigenvalue weighted by Gasteiger charge is -2.23. The van der Waals surface area contributed by atoms with Crippen LogP contribution in [-0.2, 0) is 0 Å². The SMILES string of the molecule is C[C@@H](C=CCS)C[C@@H]1CC=CC=C1C/C=C(\C=C/N)c1ccccc1. The Morgan fingerprint density at radius 3 is 2.84 bits per heavy atom. The lowest BCUT2D eigenvalue weighted by atomic mass is 9.82. The minimum absolute atomic E-state index is 0.577. The summed E-state index contributed by atoms with van der Waals surface area (Å²) in [5.41, 5.74) is 9.55. The largest absolute Gasteiger partial charge is 0.405 e. The summed E-state index contributed by atoms with van der Waals surface area (Å²) in [5, 5.41) is 0. The van der Waals surface area contributed by atoms with Crippen LogP contribution in [0, 0.1) is 11.8 Å². The topological polar surface area (TPSA) is 26.0 Å². The standard InChI is InChI=1S/C23H29NS/c1-19(8-7-17-25)18-23-12-6-5-11-21(23)13-14-22(15-16-24)20-9-3-2-4-10-20/h2-11,14-16,19,23,25H,12-13,17-18,24H2,1H3/b8-7?,16-15-,22-14+/t19-,23-/m0/s1. The Balaban J connectivity index is 2.10. The van der Waals surface area contributed by atoms with Gasteiger partial charge in [-0.15, -0.1) is 0 Å². The number of benzene rings is 1. The average molecular weight is 352 g/mol. The number of rotatable bonds is 8. The van der Waals surface area contributed by atoms with Crippen LogP contribution < -0.4 is 5.73 Å². The molecule has 132 valence electrons. The average Bonchev–Trinajstić information content (AvgIpc) is 2.65. The van der Waals surface area contributed by atoms with Crippen molar-refractivity contribution in [3.8, 4) is 0 Å². The summed E-state index contributed by atoms with van der Waals surface area (Å²) in [6, 6.07) is 10.4. The first-order valence-corrected chi connectivity index (χ1v) is 9.64. The van der Waals surface area contributed by atoms with Gasteiger partial charge >= 0.3 is 0 Å². The molecule has 1 aliphatic rings. The molecule has 2 atom stereocenters. The summed E-state index contributed by atoms with van der Waals surface area (Å²) in [4.78, 5) is 0. The van der Waals surface area contributed by atoms with Crippen molar-refractivity contribution in [1.29, 1.82) is 0 Å². The second-order valence-electron chi connectivity index (χ2n) is 6.51. The first-order chi connectivity index (χ1) is 12.2. The van der Waals surface area contributed by atoms with Crippen molar-refractivity contribution in [2.75, 3.05) is 5.75 Å². The molecule has 2 heteroatoms. The summed E-state index contributed by atoms with van der Waals surface area (Å²) >= 11 is 4.26. The molecule has 2 N–H and O–H groups in total. The van der Waals surface area contributed by atoms with Crippen molar-refractivity contribution in [2.24, 2.45) is 17.6 Å². The molecule has 1 aromatic carbocycles. The summed E-state index contributed by atoms with van der Waals surface area (Å²) in [6.45, 7) is 2.29. The molecule has 0 radical (unpaired) electrons. The third-order valence-corrected chi connectivity index (χ3v) is 4.77. The second kappa shape index (κ2) is 10.8. The van der Waals surface area contributed by atoms with E-state index in [2.05, 4.69) is 80.3 Å². The Labute approximate surface area is 158 Å². The third-order valence-electron chi connectivity index (χ3n) is 4.56. The lowest BCUT2D eigenvalue weighted by molar-refractivity contribution is 0.483. The molecule has 0 fully saturated rings. The Morgan fingerprint density at radius 2 is 2.12 bits per heavy atom. The first-order valence-electron chi connectivity index (χ1n) is 9.01. The highest BCUT2D eigenvalue weighted by Crippen LogP contribution is 2.31. The van der Waals surface area contributed by atoms with Crippen LogP contribution in [0.15, 0.2) is 84.6 Å². The second-order valence-corrected chi connectivity index (χ2v) is 6.88.